The first-order chi connectivity index (χ1) is 4.75. The SMILES string of the molecule is CCC1=[C]([Os]([CH3])[CH3])CC=C1. The minimum atomic E-state index is -0.807. The molecule has 0 radical (unpaired) electrons. The van der Waals surface area contributed by atoms with E-state index >= 15 is 0 Å². The summed E-state index contributed by atoms with van der Waals surface area (Å²) in [5.41, 5.74) is 6.55. The topological polar surface area (TPSA) is 0 Å². The Bertz CT molecular complexity index is 175. The average Bonchev–Trinajstić information content (AvgIpc) is 2.33. The van der Waals surface area contributed by atoms with Crippen LogP contribution in [-0.4, -0.2) is 0 Å². The first-order valence-corrected chi connectivity index (χ1v) is 9.93. The molecule has 0 bridgehead atoms. The van der Waals surface area contributed by atoms with Crippen LogP contribution >= 0.6 is 0 Å². The summed E-state index contributed by atoms with van der Waals surface area (Å²) < 4.78 is 1.82. The van der Waals surface area contributed by atoms with Gasteiger partial charge in [-0.05, 0) is 0 Å². The van der Waals surface area contributed by atoms with Crippen LogP contribution in [0.5, 0.6) is 0 Å². The summed E-state index contributed by atoms with van der Waals surface area (Å²) in [5, 5.41) is 0. The number of hydrogen-bond donors (Lipinski definition) is 0. The molecule has 59 valence electrons. The van der Waals surface area contributed by atoms with Crippen LogP contribution in [0.2, 0.25) is 11.0 Å². The third-order valence-corrected chi connectivity index (χ3v) is 6.16. The van der Waals surface area contributed by atoms with E-state index in [2.05, 4.69) is 30.0 Å². The standard InChI is InChI=1S/C7H9.2CH3.Os/c1-2-7-5-3-4-6-7;;;/h3,5H,2,4H2,1H3;2*1H3;. The van der Waals surface area contributed by atoms with Crippen molar-refractivity contribution in [2.75, 3.05) is 0 Å². The van der Waals surface area contributed by atoms with Crippen LogP contribution in [0.15, 0.2) is 21.9 Å². The predicted molar refractivity (Wildman–Crippen MR) is 42.8 cm³/mol. The van der Waals surface area contributed by atoms with Crippen LogP contribution in [-0.2, 0) is 16.2 Å². The molecule has 0 atom stereocenters. The predicted octanol–water partition coefficient (Wildman–Crippen LogP) is 3.32. The zero-order valence-corrected chi connectivity index (χ0v) is 9.46. The second-order valence-corrected chi connectivity index (χ2v) is 9.20. The number of allylic oxidation sites excluding steroid dienone is 4. The molecule has 0 unspecified atom stereocenters. The Labute approximate surface area is 69.0 Å². The zero-order valence-electron chi connectivity index (χ0n) is 6.92. The van der Waals surface area contributed by atoms with Crippen molar-refractivity contribution < 1.29 is 16.2 Å². The van der Waals surface area contributed by atoms with Crippen molar-refractivity contribution in [3.8, 4) is 0 Å². The van der Waals surface area contributed by atoms with E-state index < -0.39 is 16.2 Å². The first-order valence-electron chi connectivity index (χ1n) is 3.58. The van der Waals surface area contributed by atoms with Gasteiger partial charge >= 0.3 is 68.8 Å². The van der Waals surface area contributed by atoms with Crippen molar-refractivity contribution in [2.24, 2.45) is 0 Å². The summed E-state index contributed by atoms with van der Waals surface area (Å²) in [6.45, 7) is 2.26. The van der Waals surface area contributed by atoms with Crippen LogP contribution in [0.1, 0.15) is 19.8 Å². The van der Waals surface area contributed by atoms with E-state index in [1.807, 2.05) is 4.13 Å². The van der Waals surface area contributed by atoms with Crippen molar-refractivity contribution in [1.29, 1.82) is 0 Å². The molecule has 0 aromatic carbocycles. The summed E-state index contributed by atoms with van der Waals surface area (Å²) >= 11 is -0.807. The molecule has 0 aromatic heterocycles. The summed E-state index contributed by atoms with van der Waals surface area (Å²) in [4.78, 5) is 0. The van der Waals surface area contributed by atoms with E-state index in [0.29, 0.717) is 0 Å². The van der Waals surface area contributed by atoms with Gasteiger partial charge in [0, 0.05) is 0 Å². The van der Waals surface area contributed by atoms with E-state index in [1.165, 1.54) is 12.8 Å². The van der Waals surface area contributed by atoms with Gasteiger partial charge in [-0.3, -0.25) is 0 Å². The van der Waals surface area contributed by atoms with Gasteiger partial charge in [-0.1, -0.05) is 0 Å². The fourth-order valence-corrected chi connectivity index (χ4v) is 4.83. The van der Waals surface area contributed by atoms with Gasteiger partial charge < -0.3 is 0 Å². The summed E-state index contributed by atoms with van der Waals surface area (Å²) in [6.07, 6.45) is 7.15. The minimum absolute atomic E-state index is 0.807. The van der Waals surface area contributed by atoms with Crippen molar-refractivity contribution in [3.63, 3.8) is 0 Å². The second-order valence-electron chi connectivity index (χ2n) is 2.58. The van der Waals surface area contributed by atoms with Crippen LogP contribution in [0, 0.1) is 0 Å². The summed E-state index contributed by atoms with van der Waals surface area (Å²) in [5.74, 6) is 0. The maximum atomic E-state index is 2.45. The Kier molecular flexibility index (Phi) is 2.87. The van der Waals surface area contributed by atoms with Gasteiger partial charge in [-0.25, -0.2) is 0 Å². The molecule has 0 aromatic rings. The Balaban J connectivity index is 2.75. The molecule has 0 nitrogen and oxygen atoms in total. The Hall–Kier alpha value is 0.116. The third-order valence-electron chi connectivity index (χ3n) is 1.76. The van der Waals surface area contributed by atoms with Crippen molar-refractivity contribution >= 4 is 0 Å². The molecule has 1 aliphatic carbocycles. The Morgan fingerprint density at radius 3 is 2.60 bits per heavy atom. The monoisotopic (exact) mass is 315 g/mol. The molecule has 0 saturated carbocycles. The fraction of sp³-hybridized carbons (Fsp3) is 0.556. The van der Waals surface area contributed by atoms with Crippen LogP contribution in [0.25, 0.3) is 0 Å². The van der Waals surface area contributed by atoms with Gasteiger partial charge in [0.1, 0.15) is 0 Å². The Morgan fingerprint density at radius 2 is 2.20 bits per heavy atom. The molecule has 0 saturated heterocycles. The van der Waals surface area contributed by atoms with Crippen LogP contribution in [0.3, 0.4) is 0 Å². The number of hydrogen-bond acceptors (Lipinski definition) is 0. The second kappa shape index (κ2) is 3.49. The van der Waals surface area contributed by atoms with E-state index in [0.717, 1.165) is 0 Å². The molecular formula is C9H15Os. The quantitative estimate of drug-likeness (QED) is 0.733. The van der Waals surface area contributed by atoms with Gasteiger partial charge in [0.25, 0.3) is 0 Å². The Morgan fingerprint density at radius 1 is 1.50 bits per heavy atom. The van der Waals surface area contributed by atoms with Crippen molar-refractivity contribution in [1.82, 2.24) is 0 Å². The van der Waals surface area contributed by atoms with E-state index in [-0.39, 0.29) is 0 Å². The summed E-state index contributed by atoms with van der Waals surface area (Å²) in [7, 11) is 0. The molecule has 0 amide bonds. The summed E-state index contributed by atoms with van der Waals surface area (Å²) in [6, 6.07) is 0. The van der Waals surface area contributed by atoms with E-state index in [4.69, 9.17) is 0 Å². The molecule has 0 aliphatic heterocycles. The molecule has 1 aliphatic rings. The molecule has 1 heteroatoms. The van der Waals surface area contributed by atoms with Crippen molar-refractivity contribution in [2.45, 2.75) is 30.7 Å². The van der Waals surface area contributed by atoms with Crippen molar-refractivity contribution in [3.05, 3.63) is 21.9 Å². The van der Waals surface area contributed by atoms with Crippen LogP contribution in [0.4, 0.5) is 0 Å². The van der Waals surface area contributed by atoms with Gasteiger partial charge in [-0.2, -0.15) is 0 Å². The molecular weight excluding hydrogens is 298 g/mol. The molecule has 10 heavy (non-hydrogen) atoms. The first kappa shape index (κ1) is 8.22. The van der Waals surface area contributed by atoms with Gasteiger partial charge in [0.2, 0.25) is 0 Å². The van der Waals surface area contributed by atoms with Gasteiger partial charge in [-0.15, -0.1) is 0 Å². The molecule has 0 fully saturated rings. The normalized spacial score (nSPS) is 18.5. The van der Waals surface area contributed by atoms with E-state index in [1.54, 1.807) is 5.57 Å². The molecule has 1 rings (SSSR count). The molecule has 0 heterocycles. The maximum absolute atomic E-state index is 2.45. The zero-order chi connectivity index (χ0) is 7.56. The van der Waals surface area contributed by atoms with Crippen LogP contribution < -0.4 is 0 Å². The fourth-order valence-electron chi connectivity index (χ4n) is 1.20. The number of rotatable bonds is 2. The third kappa shape index (κ3) is 1.58. The van der Waals surface area contributed by atoms with Gasteiger partial charge in [0.05, 0.1) is 0 Å². The molecule has 0 N–H and O–H groups in total. The van der Waals surface area contributed by atoms with Gasteiger partial charge in [0.15, 0.2) is 0 Å². The van der Waals surface area contributed by atoms with E-state index in [9.17, 15) is 0 Å². The molecule has 0 spiro atoms. The average molecular weight is 313 g/mol.